The molecule has 2 atom stereocenters. The van der Waals surface area contributed by atoms with Crippen LogP contribution >= 0.6 is 0 Å². The molecule has 0 unspecified atom stereocenters. The Kier molecular flexibility index (Phi) is 6.51. The molecule has 1 heterocycles. The molecule has 1 saturated carbocycles. The number of imide groups is 1. The van der Waals surface area contributed by atoms with Crippen LogP contribution in [-0.4, -0.2) is 54.0 Å². The van der Waals surface area contributed by atoms with Crippen molar-refractivity contribution in [2.24, 2.45) is 5.92 Å². The minimum Gasteiger partial charge on any atom is -0.454 e. The number of amides is 4. The van der Waals surface area contributed by atoms with Crippen LogP contribution in [0.2, 0.25) is 0 Å². The predicted molar refractivity (Wildman–Crippen MR) is 105 cm³/mol. The van der Waals surface area contributed by atoms with E-state index >= 15 is 0 Å². The van der Waals surface area contributed by atoms with Gasteiger partial charge in [0.05, 0.1) is 0 Å². The molecule has 156 valence electrons. The van der Waals surface area contributed by atoms with Crippen LogP contribution in [0.1, 0.15) is 38.2 Å². The van der Waals surface area contributed by atoms with E-state index in [1.807, 2.05) is 37.3 Å². The summed E-state index contributed by atoms with van der Waals surface area (Å²) >= 11 is 0. The number of nitrogens with one attached hydrogen (secondary N) is 2. The highest BCUT2D eigenvalue weighted by molar-refractivity contribution is 6.09. The number of nitrogens with zero attached hydrogens (tertiary/aromatic N) is 1. The topological polar surface area (TPSA) is 105 Å². The van der Waals surface area contributed by atoms with Crippen molar-refractivity contribution in [3.8, 4) is 0 Å². The summed E-state index contributed by atoms with van der Waals surface area (Å²) in [5, 5.41) is 5.46. The highest BCUT2D eigenvalue weighted by Gasteiger charge is 2.55. The van der Waals surface area contributed by atoms with Gasteiger partial charge in [0.25, 0.3) is 11.8 Å². The first-order valence-electron chi connectivity index (χ1n) is 10.0. The molecular weight excluding hydrogens is 374 g/mol. The molecule has 0 radical (unpaired) electrons. The van der Waals surface area contributed by atoms with Gasteiger partial charge in [0.2, 0.25) is 0 Å². The number of carbonyl (C=O) groups is 4. The van der Waals surface area contributed by atoms with Crippen LogP contribution in [0.3, 0.4) is 0 Å². The van der Waals surface area contributed by atoms with Crippen LogP contribution < -0.4 is 10.6 Å². The lowest BCUT2D eigenvalue weighted by Crippen LogP contribution is -2.54. The van der Waals surface area contributed by atoms with Crippen LogP contribution in [-0.2, 0) is 25.5 Å². The average Bonchev–Trinajstić information content (AvgIpc) is 2.94. The van der Waals surface area contributed by atoms with Gasteiger partial charge < -0.3 is 15.4 Å². The quantitative estimate of drug-likeness (QED) is 0.531. The van der Waals surface area contributed by atoms with Crippen molar-refractivity contribution < 1.29 is 23.9 Å². The zero-order valence-corrected chi connectivity index (χ0v) is 16.6. The van der Waals surface area contributed by atoms with Crippen LogP contribution in [0.25, 0.3) is 0 Å². The lowest BCUT2D eigenvalue weighted by atomic mass is 9.73. The normalized spacial score (nSPS) is 23.8. The fourth-order valence-electron chi connectivity index (χ4n) is 4.00. The molecule has 2 fully saturated rings. The van der Waals surface area contributed by atoms with Gasteiger partial charge >= 0.3 is 12.0 Å². The summed E-state index contributed by atoms with van der Waals surface area (Å²) in [5.41, 5.74) is 0.180. The lowest BCUT2D eigenvalue weighted by molar-refractivity contribution is -0.151. The summed E-state index contributed by atoms with van der Waals surface area (Å²) in [6.07, 6.45) is 3.98. The Hall–Kier alpha value is -2.90. The van der Waals surface area contributed by atoms with E-state index in [1.165, 1.54) is 0 Å². The highest BCUT2D eigenvalue weighted by Crippen LogP contribution is 2.38. The van der Waals surface area contributed by atoms with Crippen LogP contribution in [0.4, 0.5) is 4.79 Å². The number of carbonyl (C=O) groups excluding carboxylic acids is 4. The van der Waals surface area contributed by atoms with Gasteiger partial charge in [-0.25, -0.2) is 4.79 Å². The Morgan fingerprint density at radius 1 is 1.24 bits per heavy atom. The lowest BCUT2D eigenvalue weighted by Gasteiger charge is -2.36. The summed E-state index contributed by atoms with van der Waals surface area (Å²) in [6.45, 7) is 1.43. The number of ether oxygens (including phenoxy) is 1. The zero-order chi connectivity index (χ0) is 20.9. The van der Waals surface area contributed by atoms with Crippen molar-refractivity contribution in [3.05, 3.63) is 35.9 Å². The second-order valence-electron chi connectivity index (χ2n) is 7.69. The van der Waals surface area contributed by atoms with E-state index in [4.69, 9.17) is 4.74 Å². The molecule has 0 bridgehead atoms. The van der Waals surface area contributed by atoms with Gasteiger partial charge in [-0.15, -0.1) is 0 Å². The first-order chi connectivity index (χ1) is 13.9. The third-order valence-electron chi connectivity index (χ3n) is 5.73. The summed E-state index contributed by atoms with van der Waals surface area (Å²) in [4.78, 5) is 49.9. The number of benzene rings is 1. The summed E-state index contributed by atoms with van der Waals surface area (Å²) in [5.74, 6) is -1.57. The van der Waals surface area contributed by atoms with Crippen molar-refractivity contribution in [2.75, 3.05) is 19.7 Å². The Morgan fingerprint density at radius 2 is 2.00 bits per heavy atom. The third-order valence-corrected chi connectivity index (χ3v) is 5.73. The monoisotopic (exact) mass is 401 g/mol. The van der Waals surface area contributed by atoms with E-state index in [-0.39, 0.29) is 11.8 Å². The maximum Gasteiger partial charge on any atom is 0.326 e. The molecule has 0 aromatic heterocycles. The van der Waals surface area contributed by atoms with Crippen molar-refractivity contribution >= 4 is 23.8 Å². The second-order valence-corrected chi connectivity index (χ2v) is 7.69. The minimum absolute atomic E-state index is 0.0177. The fraction of sp³-hybridized carbons (Fsp3) is 0.524. The number of hydrogen-bond donors (Lipinski definition) is 2. The third kappa shape index (κ3) is 4.75. The molecule has 1 aromatic carbocycles. The maximum atomic E-state index is 12.8. The molecule has 1 spiro atoms. The van der Waals surface area contributed by atoms with Gasteiger partial charge in [0.15, 0.2) is 6.61 Å². The number of rotatable bonds is 7. The Bertz CT molecular complexity index is 782. The van der Waals surface area contributed by atoms with E-state index in [0.29, 0.717) is 19.4 Å². The zero-order valence-electron chi connectivity index (χ0n) is 16.6. The van der Waals surface area contributed by atoms with Crippen LogP contribution in [0.5, 0.6) is 0 Å². The molecule has 1 aliphatic heterocycles. The fourth-order valence-corrected chi connectivity index (χ4v) is 4.00. The van der Waals surface area contributed by atoms with E-state index < -0.39 is 36.6 Å². The van der Waals surface area contributed by atoms with Gasteiger partial charge in [-0.2, -0.15) is 0 Å². The Morgan fingerprint density at radius 3 is 2.72 bits per heavy atom. The van der Waals surface area contributed by atoms with Crippen molar-refractivity contribution in [3.63, 3.8) is 0 Å². The number of esters is 1. The van der Waals surface area contributed by atoms with E-state index in [9.17, 15) is 19.2 Å². The van der Waals surface area contributed by atoms with Crippen molar-refractivity contribution in [1.29, 1.82) is 0 Å². The predicted octanol–water partition coefficient (Wildman–Crippen LogP) is 1.39. The molecule has 8 heteroatoms. The molecule has 1 aliphatic carbocycles. The van der Waals surface area contributed by atoms with Crippen molar-refractivity contribution in [1.82, 2.24) is 15.5 Å². The minimum atomic E-state index is -0.912. The van der Waals surface area contributed by atoms with Gasteiger partial charge in [-0.3, -0.25) is 19.3 Å². The molecule has 1 aromatic rings. The first-order valence-corrected chi connectivity index (χ1v) is 10.0. The summed E-state index contributed by atoms with van der Waals surface area (Å²) in [7, 11) is 0. The number of urea groups is 1. The standard InChI is InChI=1S/C21H27N3O5/c1-15-7-5-6-11-21(15)19(27)24(20(28)23-21)13-18(26)29-14-17(25)22-12-10-16-8-3-2-4-9-16/h2-4,8-9,15H,5-7,10-14H2,1H3,(H,22,25)(H,23,28)/t15-,21-/m1/s1. The largest absolute Gasteiger partial charge is 0.454 e. The molecule has 29 heavy (non-hydrogen) atoms. The van der Waals surface area contributed by atoms with Gasteiger partial charge in [-0.1, -0.05) is 50.1 Å². The van der Waals surface area contributed by atoms with Crippen LogP contribution in [0, 0.1) is 5.92 Å². The first kappa shape index (κ1) is 20.8. The van der Waals surface area contributed by atoms with E-state index in [1.54, 1.807) is 0 Å². The Labute approximate surface area is 170 Å². The van der Waals surface area contributed by atoms with Gasteiger partial charge in [0.1, 0.15) is 12.1 Å². The van der Waals surface area contributed by atoms with Gasteiger partial charge in [-0.05, 0) is 30.7 Å². The van der Waals surface area contributed by atoms with E-state index in [2.05, 4.69) is 10.6 Å². The molecule has 8 nitrogen and oxygen atoms in total. The number of hydrogen-bond acceptors (Lipinski definition) is 5. The van der Waals surface area contributed by atoms with Crippen LogP contribution in [0.15, 0.2) is 30.3 Å². The average molecular weight is 401 g/mol. The Balaban J connectivity index is 1.42. The summed E-state index contributed by atoms with van der Waals surface area (Å²) < 4.78 is 4.94. The second kappa shape index (κ2) is 9.07. The molecule has 2 aliphatic rings. The highest BCUT2D eigenvalue weighted by atomic mass is 16.5. The molecule has 2 N–H and O–H groups in total. The molecule has 3 rings (SSSR count). The van der Waals surface area contributed by atoms with Gasteiger partial charge in [0, 0.05) is 6.54 Å². The van der Waals surface area contributed by atoms with E-state index in [0.717, 1.165) is 29.7 Å². The SMILES string of the molecule is C[C@@H]1CCCC[C@@]12NC(=O)N(CC(=O)OCC(=O)NCCc1ccccc1)C2=O. The summed E-state index contributed by atoms with van der Waals surface area (Å²) in [6, 6.07) is 9.12. The maximum absolute atomic E-state index is 12.8. The smallest absolute Gasteiger partial charge is 0.326 e. The van der Waals surface area contributed by atoms with Crippen molar-refractivity contribution in [2.45, 2.75) is 44.6 Å². The molecular formula is C21H27N3O5. The molecule has 1 saturated heterocycles. The molecule has 4 amide bonds.